The summed E-state index contributed by atoms with van der Waals surface area (Å²) in [6.45, 7) is 18.1. The number of nitrogens with zero attached hydrogens (tertiary/aromatic N) is 4. The Bertz CT molecular complexity index is 2830. The van der Waals surface area contributed by atoms with Gasteiger partial charge in [0, 0.05) is 48.5 Å². The molecule has 0 aliphatic carbocycles. The number of aromatic nitrogens is 4. The van der Waals surface area contributed by atoms with Crippen LogP contribution in [0.2, 0.25) is 19.6 Å². The molecule has 0 saturated carbocycles. The van der Waals surface area contributed by atoms with Crippen molar-refractivity contribution in [2.24, 2.45) is 0 Å². The van der Waals surface area contributed by atoms with Gasteiger partial charge in [-0.1, -0.05) is 126 Å². The molecule has 0 atom stereocenters. The third kappa shape index (κ3) is 8.26. The minimum absolute atomic E-state index is 0. The van der Waals surface area contributed by atoms with Gasteiger partial charge in [-0.25, -0.2) is 4.98 Å². The number of pyridine rings is 2. The van der Waals surface area contributed by atoms with Gasteiger partial charge in [0.1, 0.15) is 0 Å². The second-order valence-corrected chi connectivity index (χ2v) is 22.1. The molecule has 0 aliphatic heterocycles. The average molecular weight is 953 g/mol. The third-order valence-corrected chi connectivity index (χ3v) is 12.5. The smallest absolute Gasteiger partial charge is 0.216 e. The molecule has 0 fully saturated rings. The summed E-state index contributed by atoms with van der Waals surface area (Å²) in [5.74, 6) is 1.38. The van der Waals surface area contributed by atoms with Gasteiger partial charge in [-0.05, 0) is 64.3 Å². The number of imidazole rings is 1. The first-order valence-electron chi connectivity index (χ1n) is 19.7. The van der Waals surface area contributed by atoms with Crippen LogP contribution in [0.4, 0.5) is 0 Å². The van der Waals surface area contributed by atoms with Crippen molar-refractivity contribution in [1.29, 1.82) is 0 Å². The van der Waals surface area contributed by atoms with E-state index in [2.05, 4.69) is 179 Å². The Balaban J connectivity index is 0.000000217. The summed E-state index contributed by atoms with van der Waals surface area (Å²) in [5, 5.41) is 3.49. The van der Waals surface area contributed by atoms with E-state index in [-0.39, 0.29) is 25.5 Å². The maximum Gasteiger partial charge on any atom is 0.216 e. The van der Waals surface area contributed by atoms with Crippen molar-refractivity contribution in [3.8, 4) is 39.5 Å². The number of hydrogen-bond donors (Lipinski definition) is 0. The van der Waals surface area contributed by atoms with Crippen LogP contribution in [0.15, 0.2) is 144 Å². The summed E-state index contributed by atoms with van der Waals surface area (Å²) in [5.41, 5.74) is 12.3. The van der Waals surface area contributed by atoms with Crippen LogP contribution in [0.25, 0.3) is 72.6 Å². The van der Waals surface area contributed by atoms with Gasteiger partial charge in [0.05, 0.1) is 30.5 Å². The van der Waals surface area contributed by atoms with Crippen LogP contribution in [0.3, 0.4) is 0 Å². The molecule has 1 radical (unpaired) electrons. The second kappa shape index (κ2) is 16.4. The van der Waals surface area contributed by atoms with Gasteiger partial charge in [0.25, 0.3) is 0 Å². The van der Waals surface area contributed by atoms with Crippen molar-refractivity contribution in [2.45, 2.75) is 65.6 Å². The fourth-order valence-corrected chi connectivity index (χ4v) is 9.00. The van der Waals surface area contributed by atoms with Gasteiger partial charge in [-0.3, -0.25) is 4.98 Å². The predicted molar refractivity (Wildman–Crippen MR) is 240 cm³/mol. The molecule has 4 heterocycles. The van der Waals surface area contributed by atoms with Crippen LogP contribution in [-0.4, -0.2) is 27.6 Å². The van der Waals surface area contributed by atoms with Gasteiger partial charge >= 0.3 is 0 Å². The van der Waals surface area contributed by atoms with Crippen LogP contribution in [0, 0.1) is 12.1 Å². The number of benzene rings is 5. The van der Waals surface area contributed by atoms with Gasteiger partial charge in [0.15, 0.2) is 0 Å². The van der Waals surface area contributed by atoms with Crippen LogP contribution in [0.5, 0.6) is 0 Å². The molecular formula is C51H48IrN4OSi-2. The molecule has 5 nitrogen and oxygen atoms in total. The van der Waals surface area contributed by atoms with Crippen molar-refractivity contribution in [3.05, 3.63) is 163 Å². The van der Waals surface area contributed by atoms with Crippen molar-refractivity contribution in [3.63, 3.8) is 0 Å². The SMILES string of the molecule is CC(C)(C)c1ccc2c(n1)oc1c[c-]c(-c3nc4ccccc4n3-c3ccc(-c4ccccc4)cc3)cc12.CC(C)c1cc(-c2[c-]cccc2)ncc1[Si](C)(C)C.[Ir]. The minimum atomic E-state index is -1.34. The fourth-order valence-electron chi connectivity index (χ4n) is 7.32. The summed E-state index contributed by atoms with van der Waals surface area (Å²) >= 11 is 0. The van der Waals surface area contributed by atoms with E-state index in [4.69, 9.17) is 14.4 Å². The third-order valence-electron chi connectivity index (χ3n) is 10.4. The van der Waals surface area contributed by atoms with Gasteiger partial charge in [-0.15, -0.1) is 59.7 Å². The van der Waals surface area contributed by atoms with E-state index in [1.165, 1.54) is 21.9 Å². The van der Waals surface area contributed by atoms with Crippen molar-refractivity contribution in [1.82, 2.24) is 19.5 Å². The second-order valence-electron chi connectivity index (χ2n) is 17.0. The Hall–Kier alpha value is -5.46. The maximum atomic E-state index is 6.14. The number of furan rings is 1. The first-order valence-corrected chi connectivity index (χ1v) is 23.2. The molecule has 9 aromatic rings. The molecule has 0 N–H and O–H groups in total. The Morgan fingerprint density at radius 1 is 0.707 bits per heavy atom. The minimum Gasteiger partial charge on any atom is -0.486 e. The maximum absolute atomic E-state index is 6.14. The Kier molecular flexibility index (Phi) is 11.5. The molecule has 5 aromatic carbocycles. The molecule has 0 amide bonds. The number of rotatable bonds is 6. The van der Waals surface area contributed by atoms with Crippen LogP contribution < -0.4 is 5.19 Å². The average Bonchev–Trinajstić information content (AvgIpc) is 3.79. The van der Waals surface area contributed by atoms with Crippen molar-refractivity contribution in [2.75, 3.05) is 0 Å². The van der Waals surface area contributed by atoms with Crippen molar-refractivity contribution < 1.29 is 24.5 Å². The van der Waals surface area contributed by atoms with Crippen LogP contribution in [0.1, 0.15) is 51.8 Å². The zero-order valence-corrected chi connectivity index (χ0v) is 37.8. The summed E-state index contributed by atoms with van der Waals surface area (Å²) in [6.07, 6.45) is 2.09. The molecule has 0 unspecified atom stereocenters. The largest absolute Gasteiger partial charge is 0.486 e. The summed E-state index contributed by atoms with van der Waals surface area (Å²) < 4.78 is 8.35. The van der Waals surface area contributed by atoms with E-state index in [1.807, 2.05) is 36.4 Å². The van der Waals surface area contributed by atoms with Gasteiger partial charge in [0.2, 0.25) is 5.71 Å². The molecule has 9 rings (SSSR count). The molecule has 293 valence electrons. The molecule has 0 bridgehead atoms. The van der Waals surface area contributed by atoms with Gasteiger partial charge < -0.3 is 14.0 Å². The molecule has 58 heavy (non-hydrogen) atoms. The number of para-hydroxylation sites is 2. The summed E-state index contributed by atoms with van der Waals surface area (Å²) in [4.78, 5) is 14.5. The monoisotopic (exact) mass is 953 g/mol. The first kappa shape index (κ1) is 40.7. The van der Waals surface area contributed by atoms with E-state index in [1.54, 1.807) is 0 Å². The Labute approximate surface area is 356 Å². The number of fused-ring (bicyclic) bond motifs is 4. The zero-order chi connectivity index (χ0) is 39.9. The molecule has 4 aromatic heterocycles. The van der Waals surface area contributed by atoms with Crippen LogP contribution in [-0.2, 0) is 25.5 Å². The normalized spacial score (nSPS) is 11.8. The zero-order valence-electron chi connectivity index (χ0n) is 34.4. The van der Waals surface area contributed by atoms with Crippen LogP contribution >= 0.6 is 0 Å². The predicted octanol–water partition coefficient (Wildman–Crippen LogP) is 13.0. The quantitative estimate of drug-likeness (QED) is 0.123. The topological polar surface area (TPSA) is 56.7 Å². The Morgan fingerprint density at radius 3 is 2.10 bits per heavy atom. The summed E-state index contributed by atoms with van der Waals surface area (Å²) in [7, 11) is -1.34. The Morgan fingerprint density at radius 2 is 1.41 bits per heavy atom. The molecular weight excluding hydrogens is 905 g/mol. The van der Waals surface area contributed by atoms with E-state index in [0.717, 1.165) is 61.4 Å². The van der Waals surface area contributed by atoms with E-state index < -0.39 is 8.07 Å². The number of hydrogen-bond acceptors (Lipinski definition) is 4. The van der Waals surface area contributed by atoms with E-state index >= 15 is 0 Å². The fraction of sp³-hybridized carbons (Fsp3) is 0.196. The molecule has 0 saturated heterocycles. The van der Waals surface area contributed by atoms with Crippen molar-refractivity contribution >= 4 is 46.4 Å². The van der Waals surface area contributed by atoms with E-state index in [9.17, 15) is 0 Å². The molecule has 7 heteroatoms. The first-order chi connectivity index (χ1) is 27.3. The van der Waals surface area contributed by atoms with E-state index in [0.29, 0.717) is 11.6 Å². The molecule has 0 spiro atoms. The molecule has 0 aliphatic rings. The van der Waals surface area contributed by atoms with Gasteiger partial charge in [-0.2, -0.15) is 0 Å². The standard InChI is InChI=1S/C34H26N3O.C17H22NSi.Ir/c1-34(2,3)31-20-18-26-27-21-24(15-19-30(27)38-33(26)36-31)32-35-28-11-7-8-12-29(28)37(32)25-16-13-23(14-17-25)22-9-5-4-6-10-22;1-13(2)15-11-16(14-9-7-6-8-10-14)18-12-17(15)19(3,4)5;/h4-14,16-21H,1-3H3;6-9,11-13H,1-5H3;/q2*-1;. The summed E-state index contributed by atoms with van der Waals surface area (Å²) in [6, 6.07) is 52.5.